The van der Waals surface area contributed by atoms with E-state index < -0.39 is 44.3 Å². The van der Waals surface area contributed by atoms with Gasteiger partial charge in [-0.2, -0.15) is 0 Å². The molecule has 13 aromatic carbocycles. The molecule has 0 aliphatic carbocycles. The minimum Gasteiger partial charge on any atom is -0.309 e. The van der Waals surface area contributed by atoms with E-state index in [0.29, 0.717) is 11.1 Å². The SMILES string of the molecule is [2H]c1c([2H])c([2H])c(-c2cccc([Si](c3ccccc3)(c3cccc(-c4c([2H])c([2H])c([2H])c([2H])c4[2H])c3)c3cccc(-n4c5cc(-n6c7ccccc7c7ccccc76)ccc5c5c6c7ccccc7c7ccccc7c6ccc54)c3)c2)c([2H])c1[2H]. The molecular formula is C72H48N2Si. The molecule has 0 atom stereocenters. The number of aromatic nitrogens is 2. The van der Waals surface area contributed by atoms with Crippen LogP contribution >= 0.6 is 0 Å². The topological polar surface area (TPSA) is 9.86 Å². The van der Waals surface area contributed by atoms with E-state index in [1.165, 1.54) is 16.2 Å². The lowest BCUT2D eigenvalue weighted by Gasteiger charge is -2.35. The fourth-order valence-corrected chi connectivity index (χ4v) is 17.1. The third kappa shape index (κ3) is 6.65. The highest BCUT2D eigenvalue weighted by atomic mass is 28.3. The summed E-state index contributed by atoms with van der Waals surface area (Å²) in [6.45, 7) is 0. The van der Waals surface area contributed by atoms with Crippen LogP contribution in [0.4, 0.5) is 0 Å². The molecule has 0 fully saturated rings. The molecular weight excluding hydrogens is 921 g/mol. The van der Waals surface area contributed by atoms with Gasteiger partial charge in [0, 0.05) is 38.3 Å². The van der Waals surface area contributed by atoms with E-state index in [1.54, 1.807) is 12.1 Å². The first-order valence-electron chi connectivity index (χ1n) is 30.2. The van der Waals surface area contributed by atoms with Crippen LogP contribution in [0.15, 0.2) is 291 Å². The molecule has 0 spiro atoms. The van der Waals surface area contributed by atoms with Crippen LogP contribution in [0.1, 0.15) is 13.7 Å². The van der Waals surface area contributed by atoms with Gasteiger partial charge < -0.3 is 9.13 Å². The van der Waals surface area contributed by atoms with Crippen molar-refractivity contribution >= 4 is 105 Å². The Kier molecular flexibility index (Phi) is 7.84. The van der Waals surface area contributed by atoms with Crippen molar-refractivity contribution in [2.24, 2.45) is 0 Å². The molecule has 0 N–H and O–H groups in total. The Bertz CT molecular complexity index is 5080. The second-order valence-electron chi connectivity index (χ2n) is 19.2. The Morgan fingerprint density at radius 3 is 1.29 bits per heavy atom. The number of fused-ring (bicyclic) bond motifs is 13. The summed E-state index contributed by atoms with van der Waals surface area (Å²) in [4.78, 5) is 0. The smallest absolute Gasteiger partial charge is 0.179 e. The summed E-state index contributed by atoms with van der Waals surface area (Å²) < 4.78 is 93.3. The second-order valence-corrected chi connectivity index (χ2v) is 23.0. The van der Waals surface area contributed by atoms with Crippen LogP contribution in [-0.2, 0) is 0 Å². The Balaban J connectivity index is 1.07. The van der Waals surface area contributed by atoms with Crippen molar-refractivity contribution in [3.8, 4) is 33.6 Å². The number of nitrogens with zero attached hydrogens (tertiary/aromatic N) is 2. The van der Waals surface area contributed by atoms with Gasteiger partial charge in [-0.3, -0.25) is 0 Å². The molecule has 350 valence electrons. The van der Waals surface area contributed by atoms with Crippen LogP contribution in [0, 0.1) is 0 Å². The molecule has 2 heterocycles. The maximum Gasteiger partial charge on any atom is 0.179 e. The zero-order valence-electron chi connectivity index (χ0n) is 50.3. The van der Waals surface area contributed by atoms with Crippen LogP contribution in [0.2, 0.25) is 0 Å². The molecule has 0 saturated heterocycles. The van der Waals surface area contributed by atoms with E-state index in [9.17, 15) is 5.48 Å². The highest BCUT2D eigenvalue weighted by molar-refractivity contribution is 7.20. The maximum atomic E-state index is 9.17. The lowest BCUT2D eigenvalue weighted by Crippen LogP contribution is -2.74. The van der Waals surface area contributed by atoms with Gasteiger partial charge in [-0.05, 0) is 112 Å². The van der Waals surface area contributed by atoms with Crippen LogP contribution in [0.25, 0.3) is 110 Å². The van der Waals surface area contributed by atoms with Gasteiger partial charge >= 0.3 is 0 Å². The van der Waals surface area contributed by atoms with Crippen molar-refractivity contribution in [3.05, 3.63) is 291 Å². The van der Waals surface area contributed by atoms with E-state index in [0.717, 1.165) is 91.9 Å². The first-order chi connectivity index (χ1) is 41.4. The lowest BCUT2D eigenvalue weighted by molar-refractivity contribution is 1.16. The van der Waals surface area contributed by atoms with Crippen molar-refractivity contribution in [1.29, 1.82) is 0 Å². The summed E-state index contributed by atoms with van der Waals surface area (Å²) in [6.07, 6.45) is 0. The van der Waals surface area contributed by atoms with Crippen molar-refractivity contribution in [1.82, 2.24) is 9.13 Å². The zero-order chi connectivity index (χ0) is 58.2. The normalized spacial score (nSPS) is 13.9. The molecule has 15 aromatic rings. The van der Waals surface area contributed by atoms with Crippen molar-refractivity contribution in [2.75, 3.05) is 0 Å². The first-order valence-corrected chi connectivity index (χ1v) is 27.2. The molecule has 0 aliphatic rings. The van der Waals surface area contributed by atoms with Crippen molar-refractivity contribution in [3.63, 3.8) is 0 Å². The first kappa shape index (κ1) is 34.0. The van der Waals surface area contributed by atoms with Gasteiger partial charge in [-0.25, -0.2) is 0 Å². The fourth-order valence-electron chi connectivity index (χ4n) is 12.3. The van der Waals surface area contributed by atoms with Gasteiger partial charge in [0.15, 0.2) is 8.07 Å². The summed E-state index contributed by atoms with van der Waals surface area (Å²) in [6, 6.07) is 75.9. The van der Waals surface area contributed by atoms with Crippen LogP contribution in [0.5, 0.6) is 0 Å². The summed E-state index contributed by atoms with van der Waals surface area (Å²) in [5.41, 5.74) is 7.04. The highest BCUT2D eigenvalue weighted by Crippen LogP contribution is 2.44. The fraction of sp³-hybridized carbons (Fsp3) is 0. The molecule has 0 saturated carbocycles. The number of rotatable bonds is 8. The number of hydrogen-bond acceptors (Lipinski definition) is 0. The monoisotopic (exact) mass is 978 g/mol. The average molecular weight is 979 g/mol. The zero-order valence-corrected chi connectivity index (χ0v) is 41.3. The minimum atomic E-state index is -3.80. The van der Waals surface area contributed by atoms with Gasteiger partial charge in [-0.1, -0.05) is 248 Å². The molecule has 2 nitrogen and oxygen atoms in total. The second kappa shape index (κ2) is 17.3. The summed E-state index contributed by atoms with van der Waals surface area (Å²) in [5.74, 6) is 0. The molecule has 0 unspecified atom stereocenters. The summed E-state index contributed by atoms with van der Waals surface area (Å²) in [7, 11) is -3.80. The Morgan fingerprint density at radius 1 is 0.253 bits per heavy atom. The Labute approximate surface area is 450 Å². The number of benzene rings is 13. The largest absolute Gasteiger partial charge is 0.309 e. The quantitative estimate of drug-likeness (QED) is 0.0816. The maximum absolute atomic E-state index is 9.17. The third-order valence-electron chi connectivity index (χ3n) is 15.4. The lowest BCUT2D eigenvalue weighted by atomic mass is 9.92. The van der Waals surface area contributed by atoms with E-state index in [2.05, 4.69) is 173 Å². The van der Waals surface area contributed by atoms with E-state index >= 15 is 0 Å². The minimum absolute atomic E-state index is 0.0716. The third-order valence-corrected chi connectivity index (χ3v) is 20.1. The molecule has 3 heteroatoms. The van der Waals surface area contributed by atoms with Crippen molar-refractivity contribution < 1.29 is 13.7 Å². The molecule has 0 radical (unpaired) electrons. The van der Waals surface area contributed by atoms with Crippen LogP contribution in [0.3, 0.4) is 0 Å². The average Bonchev–Trinajstić information content (AvgIpc) is 1.77. The van der Waals surface area contributed by atoms with Gasteiger partial charge in [0.05, 0.1) is 35.8 Å². The molecule has 0 bridgehead atoms. The van der Waals surface area contributed by atoms with E-state index in [-0.39, 0.29) is 35.3 Å². The Hall–Kier alpha value is -9.54. The van der Waals surface area contributed by atoms with E-state index in [1.807, 2.05) is 54.6 Å². The van der Waals surface area contributed by atoms with Gasteiger partial charge in [0.1, 0.15) is 0 Å². The number of hydrogen-bond donors (Lipinski definition) is 0. The van der Waals surface area contributed by atoms with Gasteiger partial charge in [0.2, 0.25) is 0 Å². The predicted octanol–water partition coefficient (Wildman–Crippen LogP) is 16.1. The molecule has 0 amide bonds. The highest BCUT2D eigenvalue weighted by Gasteiger charge is 2.42. The van der Waals surface area contributed by atoms with Crippen molar-refractivity contribution in [2.45, 2.75) is 0 Å². The predicted molar refractivity (Wildman–Crippen MR) is 322 cm³/mol. The molecule has 2 aromatic heterocycles. The molecule has 75 heavy (non-hydrogen) atoms. The van der Waals surface area contributed by atoms with E-state index in [4.69, 9.17) is 8.22 Å². The van der Waals surface area contributed by atoms with Gasteiger partial charge in [0.25, 0.3) is 0 Å². The Morgan fingerprint density at radius 2 is 0.693 bits per heavy atom. The molecule has 0 aliphatic heterocycles. The standard InChI is InChI=1S/C72H48N2Si/c1-4-21-49(22-5-1)51-25-18-30-56(45-51)75(55-28-8-3-9-29-55,57-31-19-26-52(46-57)50-23-6-2-7-24-50)58-32-20-27-53(47-58)74-69-44-43-65-61-35-11-10-33-59(61)60-34-12-13-38-64(60)71(65)72(69)66-42-41-54(48-70(66)74)73-67-39-16-14-36-62(67)63-37-15-17-40-68(63)73/h1-48H/i1D,2D,4D,5D,6D,7D,21D,22D,23D,24D. The molecule has 15 rings (SSSR count). The summed E-state index contributed by atoms with van der Waals surface area (Å²) in [5, 5.41) is 15.0. The van der Waals surface area contributed by atoms with Crippen LogP contribution in [-0.4, -0.2) is 17.2 Å². The number of para-hydroxylation sites is 2. The van der Waals surface area contributed by atoms with Crippen LogP contribution < -0.4 is 20.7 Å². The van der Waals surface area contributed by atoms with Gasteiger partial charge in [-0.15, -0.1) is 0 Å². The summed E-state index contributed by atoms with van der Waals surface area (Å²) >= 11 is 0.